The highest BCUT2D eigenvalue weighted by Gasteiger charge is 2.51. The summed E-state index contributed by atoms with van der Waals surface area (Å²) in [4.78, 5) is 12.0. The predicted molar refractivity (Wildman–Crippen MR) is 111 cm³/mol. The summed E-state index contributed by atoms with van der Waals surface area (Å²) >= 11 is 3.53. The van der Waals surface area contributed by atoms with Crippen LogP contribution in [0.25, 0.3) is 0 Å². The fraction of sp³-hybridized carbons (Fsp3) is 0.526. The third-order valence-electron chi connectivity index (χ3n) is 5.43. The Kier molecular flexibility index (Phi) is 7.10. The van der Waals surface area contributed by atoms with Gasteiger partial charge in [0.2, 0.25) is 0 Å². The number of carbonyl (C=O) groups excluding carboxylic acids is 1. The van der Waals surface area contributed by atoms with Crippen LogP contribution < -0.4 is 11.2 Å². The van der Waals surface area contributed by atoms with E-state index in [1.165, 1.54) is 0 Å². The first-order valence-corrected chi connectivity index (χ1v) is 9.70. The smallest absolute Gasteiger partial charge is 0.428 e. The molecule has 1 aliphatic carbocycles. The quantitative estimate of drug-likeness (QED) is 0.697. The molecule has 152 valence electrons. The van der Waals surface area contributed by atoms with Gasteiger partial charge in [-0.3, -0.25) is 0 Å². The van der Waals surface area contributed by atoms with Gasteiger partial charge < -0.3 is 15.2 Å². The van der Waals surface area contributed by atoms with Crippen molar-refractivity contribution >= 4 is 40.1 Å². The summed E-state index contributed by atoms with van der Waals surface area (Å²) in [6, 6.07) is 7.44. The van der Waals surface area contributed by atoms with E-state index in [0.717, 1.165) is 16.5 Å². The number of carbonyl (C=O) groups is 1. The van der Waals surface area contributed by atoms with Gasteiger partial charge in [-0.15, -0.1) is 12.4 Å². The third-order valence-corrected chi connectivity index (χ3v) is 6.12. The molecule has 0 saturated heterocycles. The van der Waals surface area contributed by atoms with Crippen LogP contribution in [0, 0.1) is 11.3 Å². The molecule has 0 bridgehead atoms. The van der Waals surface area contributed by atoms with Crippen molar-refractivity contribution in [1.82, 2.24) is 5.43 Å². The van der Waals surface area contributed by atoms with Gasteiger partial charge in [0.1, 0.15) is 5.71 Å². The molecule has 1 atom stereocenters. The van der Waals surface area contributed by atoms with Crippen LogP contribution in [0.1, 0.15) is 50.2 Å². The SMILES string of the molecule is COC1(C[C@H](C)N)CCC2(CC1)OC(=O)NN=C2c1cc(C#N)ccc1Br.Cl. The molecule has 1 heterocycles. The first-order chi connectivity index (χ1) is 12.8. The van der Waals surface area contributed by atoms with Crippen LogP contribution >= 0.6 is 28.3 Å². The Morgan fingerprint density at radius 3 is 2.68 bits per heavy atom. The molecule has 3 N–H and O–H groups in total. The molecule has 1 aromatic rings. The van der Waals surface area contributed by atoms with Crippen LogP contribution in [0.4, 0.5) is 4.79 Å². The van der Waals surface area contributed by atoms with Crippen molar-refractivity contribution in [1.29, 1.82) is 5.26 Å². The molecule has 3 rings (SSSR count). The molecule has 0 aromatic heterocycles. The average molecular weight is 472 g/mol. The van der Waals surface area contributed by atoms with E-state index in [4.69, 9.17) is 15.2 Å². The van der Waals surface area contributed by atoms with E-state index in [1.54, 1.807) is 25.3 Å². The molecular formula is C19H24BrClN4O3. The summed E-state index contributed by atoms with van der Waals surface area (Å²) in [5, 5.41) is 13.6. The number of hydrogen-bond donors (Lipinski definition) is 2. The maximum atomic E-state index is 12.0. The van der Waals surface area contributed by atoms with Gasteiger partial charge in [0.15, 0.2) is 5.60 Å². The lowest BCUT2D eigenvalue weighted by molar-refractivity contribution is -0.0887. The van der Waals surface area contributed by atoms with Crippen molar-refractivity contribution in [2.75, 3.05) is 7.11 Å². The lowest BCUT2D eigenvalue weighted by atomic mass is 9.70. The van der Waals surface area contributed by atoms with Crippen LogP contribution in [0.5, 0.6) is 0 Å². The number of ether oxygens (including phenoxy) is 2. The second kappa shape index (κ2) is 8.78. The number of hydrogen-bond acceptors (Lipinski definition) is 6. The maximum Gasteiger partial charge on any atom is 0.428 e. The number of nitriles is 1. The third kappa shape index (κ3) is 4.33. The summed E-state index contributed by atoms with van der Waals surface area (Å²) in [7, 11) is 1.71. The molecular weight excluding hydrogens is 448 g/mol. The van der Waals surface area contributed by atoms with Gasteiger partial charge in [-0.1, -0.05) is 15.9 Å². The van der Waals surface area contributed by atoms with E-state index in [1.807, 2.05) is 6.92 Å². The number of amides is 1. The monoisotopic (exact) mass is 470 g/mol. The van der Waals surface area contributed by atoms with E-state index < -0.39 is 11.7 Å². The van der Waals surface area contributed by atoms with Gasteiger partial charge >= 0.3 is 6.09 Å². The van der Waals surface area contributed by atoms with Gasteiger partial charge in [0.25, 0.3) is 0 Å². The van der Waals surface area contributed by atoms with Crippen molar-refractivity contribution in [3.05, 3.63) is 33.8 Å². The Labute approximate surface area is 179 Å². The molecule has 1 saturated carbocycles. The molecule has 7 nitrogen and oxygen atoms in total. The van der Waals surface area contributed by atoms with Gasteiger partial charge in [-0.25, -0.2) is 10.2 Å². The highest BCUT2D eigenvalue weighted by Crippen LogP contribution is 2.44. The largest absolute Gasteiger partial charge is 0.435 e. The number of nitrogens with zero attached hydrogens (tertiary/aromatic N) is 2. The summed E-state index contributed by atoms with van der Waals surface area (Å²) < 4.78 is 12.4. The maximum absolute atomic E-state index is 12.0. The second-order valence-corrected chi connectivity index (χ2v) is 8.19. The molecule has 9 heteroatoms. The molecule has 2 aliphatic rings. The first kappa shape index (κ1) is 22.6. The standard InChI is InChI=1S/C19H23BrN4O3.ClH/c1-12(22)10-18(26-2)5-7-19(8-6-18)16(23-24-17(25)27-19)14-9-13(11-21)3-4-15(14)20;/h3-4,9,12H,5-8,10,22H2,1-2H3,(H,24,25);1H/t12-,18?,19?;/m0./s1. The molecule has 1 amide bonds. The van der Waals surface area contributed by atoms with Gasteiger partial charge in [-0.05, 0) is 57.2 Å². The van der Waals surface area contributed by atoms with Crippen LogP contribution in [0.3, 0.4) is 0 Å². The van der Waals surface area contributed by atoms with E-state index in [-0.39, 0.29) is 24.0 Å². The highest BCUT2D eigenvalue weighted by atomic mass is 79.9. The summed E-state index contributed by atoms with van der Waals surface area (Å²) in [6.07, 6.45) is 2.72. The number of methoxy groups -OCH3 is 1. The van der Waals surface area contributed by atoms with Gasteiger partial charge in [-0.2, -0.15) is 10.4 Å². The lowest BCUT2D eigenvalue weighted by Crippen LogP contribution is -2.56. The number of benzene rings is 1. The fourth-order valence-electron chi connectivity index (χ4n) is 4.06. The molecule has 1 spiro atoms. The van der Waals surface area contributed by atoms with Crippen molar-refractivity contribution in [2.24, 2.45) is 10.8 Å². The Balaban J connectivity index is 0.00000280. The minimum Gasteiger partial charge on any atom is -0.435 e. The zero-order valence-electron chi connectivity index (χ0n) is 15.8. The van der Waals surface area contributed by atoms with E-state index in [2.05, 4.69) is 32.5 Å². The van der Waals surface area contributed by atoms with Crippen molar-refractivity contribution in [2.45, 2.75) is 56.3 Å². The van der Waals surface area contributed by atoms with Crippen molar-refractivity contribution in [3.8, 4) is 6.07 Å². The minimum absolute atomic E-state index is 0. The minimum atomic E-state index is -0.848. The number of nitrogens with two attached hydrogens (primary N) is 1. The zero-order valence-corrected chi connectivity index (χ0v) is 18.2. The Hall–Kier alpha value is -1.66. The molecule has 1 aliphatic heterocycles. The van der Waals surface area contributed by atoms with Gasteiger partial charge in [0, 0.05) is 23.2 Å². The lowest BCUT2D eigenvalue weighted by Gasteiger charge is -2.47. The molecule has 1 fully saturated rings. The number of nitrogens with one attached hydrogen (secondary N) is 1. The number of halogens is 2. The van der Waals surface area contributed by atoms with Crippen LogP contribution in [-0.2, 0) is 9.47 Å². The Morgan fingerprint density at radius 1 is 1.43 bits per heavy atom. The van der Waals surface area contributed by atoms with Crippen LogP contribution in [-0.4, -0.2) is 36.2 Å². The van der Waals surface area contributed by atoms with Crippen LogP contribution in [0.15, 0.2) is 27.8 Å². The highest BCUT2D eigenvalue weighted by molar-refractivity contribution is 9.10. The zero-order chi connectivity index (χ0) is 19.7. The van der Waals surface area contributed by atoms with E-state index in [9.17, 15) is 10.1 Å². The molecule has 0 unspecified atom stereocenters. The first-order valence-electron chi connectivity index (χ1n) is 8.91. The van der Waals surface area contributed by atoms with Gasteiger partial charge in [0.05, 0.1) is 17.2 Å². The number of hydrazone groups is 1. The molecule has 28 heavy (non-hydrogen) atoms. The summed E-state index contributed by atoms with van der Waals surface area (Å²) in [5.41, 5.74) is 9.12. The number of rotatable bonds is 4. The second-order valence-electron chi connectivity index (χ2n) is 7.33. The van der Waals surface area contributed by atoms with E-state index >= 15 is 0 Å². The molecule has 0 radical (unpaired) electrons. The summed E-state index contributed by atoms with van der Waals surface area (Å²) in [5.74, 6) is 0. The van der Waals surface area contributed by atoms with Crippen LogP contribution in [0.2, 0.25) is 0 Å². The fourth-order valence-corrected chi connectivity index (χ4v) is 4.50. The van der Waals surface area contributed by atoms with E-state index in [0.29, 0.717) is 37.0 Å². The summed E-state index contributed by atoms with van der Waals surface area (Å²) in [6.45, 7) is 1.97. The Bertz CT molecular complexity index is 814. The molecule has 1 aromatic carbocycles. The Morgan fingerprint density at radius 2 is 2.11 bits per heavy atom. The average Bonchev–Trinajstić information content (AvgIpc) is 2.64. The topological polar surface area (TPSA) is 110 Å². The van der Waals surface area contributed by atoms with Crippen molar-refractivity contribution in [3.63, 3.8) is 0 Å². The predicted octanol–water partition coefficient (Wildman–Crippen LogP) is 3.62. The normalized spacial score (nSPS) is 27.7. The van der Waals surface area contributed by atoms with Crippen molar-refractivity contribution < 1.29 is 14.3 Å².